The summed E-state index contributed by atoms with van der Waals surface area (Å²) >= 11 is 0. The number of hydrogen-bond donors (Lipinski definition) is 3. The van der Waals surface area contributed by atoms with Gasteiger partial charge in [-0.25, -0.2) is 0 Å². The monoisotopic (exact) mass is 405 g/mol. The van der Waals surface area contributed by atoms with Gasteiger partial charge in [0.1, 0.15) is 5.75 Å². The molecule has 8 nitrogen and oxygen atoms in total. The molecule has 2 amide bonds. The van der Waals surface area contributed by atoms with Gasteiger partial charge in [0.15, 0.2) is 5.69 Å². The van der Waals surface area contributed by atoms with Crippen molar-refractivity contribution < 1.29 is 14.3 Å². The minimum absolute atomic E-state index is 0. The van der Waals surface area contributed by atoms with Crippen LogP contribution < -0.4 is 15.4 Å². The van der Waals surface area contributed by atoms with E-state index in [4.69, 9.17) is 4.74 Å². The van der Waals surface area contributed by atoms with Crippen molar-refractivity contribution in [2.24, 2.45) is 0 Å². The lowest BCUT2D eigenvalue weighted by atomic mass is 10.1. The molecule has 0 spiro atoms. The first-order valence-electron chi connectivity index (χ1n) is 9.23. The van der Waals surface area contributed by atoms with Gasteiger partial charge in [-0.2, -0.15) is 5.10 Å². The number of methoxy groups -OCH3 is 1. The van der Waals surface area contributed by atoms with E-state index in [0.29, 0.717) is 29.2 Å². The van der Waals surface area contributed by atoms with Gasteiger partial charge in [-0.3, -0.25) is 14.7 Å². The molecule has 0 unspecified atom stereocenters. The van der Waals surface area contributed by atoms with Gasteiger partial charge in [-0.1, -0.05) is 0 Å². The fourth-order valence-electron chi connectivity index (χ4n) is 3.64. The highest BCUT2D eigenvalue weighted by Gasteiger charge is 2.24. The van der Waals surface area contributed by atoms with Crippen molar-refractivity contribution in [2.45, 2.75) is 25.8 Å². The number of anilines is 1. The van der Waals surface area contributed by atoms with Crippen LogP contribution in [0.1, 0.15) is 44.9 Å². The second-order valence-electron chi connectivity index (χ2n) is 6.82. The standard InChI is InChI=1S/C19H23N5O3.ClH/c1-27-16-5-4-12(19(26)24-8-2-3-9-24)10-15(16)21-18(25)17-13-11-20-7-6-14(13)22-23-17;/h4-5,10,20H,2-3,6-9,11H2,1H3,(H,21,25)(H,22,23);1H. The fourth-order valence-corrected chi connectivity index (χ4v) is 3.64. The number of aromatic amines is 1. The van der Waals surface area contributed by atoms with Crippen molar-refractivity contribution in [1.29, 1.82) is 0 Å². The van der Waals surface area contributed by atoms with Crippen LogP contribution in [0.4, 0.5) is 5.69 Å². The Morgan fingerprint density at radius 1 is 1.25 bits per heavy atom. The number of hydrogen-bond acceptors (Lipinski definition) is 5. The Labute approximate surface area is 169 Å². The second kappa shape index (κ2) is 8.62. The third-order valence-electron chi connectivity index (χ3n) is 5.11. The molecule has 0 bridgehead atoms. The zero-order chi connectivity index (χ0) is 18.8. The van der Waals surface area contributed by atoms with Gasteiger partial charge in [0.25, 0.3) is 11.8 Å². The minimum atomic E-state index is -0.319. The van der Waals surface area contributed by atoms with Crippen LogP contribution in [-0.4, -0.2) is 53.7 Å². The predicted octanol–water partition coefficient (Wildman–Crippen LogP) is 1.97. The number of benzene rings is 1. The Balaban J connectivity index is 0.00000225. The number of carbonyl (C=O) groups is 2. The topological polar surface area (TPSA) is 99.3 Å². The van der Waals surface area contributed by atoms with E-state index in [9.17, 15) is 9.59 Å². The Bertz CT molecular complexity index is 876. The van der Waals surface area contributed by atoms with Crippen LogP contribution in [0.25, 0.3) is 0 Å². The summed E-state index contributed by atoms with van der Waals surface area (Å²) in [7, 11) is 1.54. The molecular weight excluding hydrogens is 382 g/mol. The molecule has 0 radical (unpaired) electrons. The molecule has 28 heavy (non-hydrogen) atoms. The molecule has 1 saturated heterocycles. The number of H-pyrrole nitrogens is 1. The smallest absolute Gasteiger partial charge is 0.276 e. The first kappa shape index (κ1) is 20.2. The number of aromatic nitrogens is 2. The number of nitrogens with zero attached hydrogens (tertiary/aromatic N) is 2. The normalized spacial score (nSPS) is 15.5. The number of carbonyl (C=O) groups excluding carboxylic acids is 2. The number of amides is 2. The van der Waals surface area contributed by atoms with E-state index in [1.54, 1.807) is 18.2 Å². The van der Waals surface area contributed by atoms with Crippen molar-refractivity contribution >= 4 is 29.9 Å². The molecule has 0 atom stereocenters. The third kappa shape index (κ3) is 3.83. The molecule has 2 aromatic rings. The number of nitrogens with one attached hydrogen (secondary N) is 3. The Kier molecular flexibility index (Phi) is 6.21. The minimum Gasteiger partial charge on any atom is -0.495 e. The van der Waals surface area contributed by atoms with Crippen LogP contribution >= 0.6 is 12.4 Å². The SMILES string of the molecule is COc1ccc(C(=O)N2CCCC2)cc1NC(=O)c1n[nH]c2c1CNCC2.Cl. The molecule has 2 aliphatic heterocycles. The lowest BCUT2D eigenvalue weighted by Crippen LogP contribution is -2.28. The number of ether oxygens (including phenoxy) is 1. The van der Waals surface area contributed by atoms with Gasteiger partial charge in [0.2, 0.25) is 0 Å². The molecule has 1 aromatic carbocycles. The number of halogens is 1. The summed E-state index contributed by atoms with van der Waals surface area (Å²) in [6.45, 7) is 3.03. The van der Waals surface area contributed by atoms with E-state index in [1.165, 1.54) is 7.11 Å². The van der Waals surface area contributed by atoms with Crippen LogP contribution in [0, 0.1) is 0 Å². The summed E-state index contributed by atoms with van der Waals surface area (Å²) in [6.07, 6.45) is 2.88. The maximum absolute atomic E-state index is 12.8. The summed E-state index contributed by atoms with van der Waals surface area (Å²) in [5, 5.41) is 13.2. The van der Waals surface area contributed by atoms with Crippen LogP contribution in [0.3, 0.4) is 0 Å². The van der Waals surface area contributed by atoms with Crippen molar-refractivity contribution in [3.63, 3.8) is 0 Å². The molecule has 2 aliphatic rings. The van der Waals surface area contributed by atoms with E-state index in [0.717, 1.165) is 50.2 Å². The molecule has 3 N–H and O–H groups in total. The second-order valence-corrected chi connectivity index (χ2v) is 6.82. The molecule has 3 heterocycles. The first-order chi connectivity index (χ1) is 13.2. The van der Waals surface area contributed by atoms with E-state index < -0.39 is 0 Å². The lowest BCUT2D eigenvalue weighted by Gasteiger charge is -2.17. The highest BCUT2D eigenvalue weighted by Crippen LogP contribution is 2.28. The zero-order valence-electron chi connectivity index (χ0n) is 15.7. The summed E-state index contributed by atoms with van der Waals surface area (Å²) < 4.78 is 5.36. The van der Waals surface area contributed by atoms with E-state index in [-0.39, 0.29) is 24.2 Å². The number of rotatable bonds is 4. The predicted molar refractivity (Wildman–Crippen MR) is 107 cm³/mol. The third-order valence-corrected chi connectivity index (χ3v) is 5.11. The molecule has 0 aliphatic carbocycles. The van der Waals surface area contributed by atoms with Gasteiger partial charge < -0.3 is 20.3 Å². The summed E-state index contributed by atoms with van der Waals surface area (Å²) in [5.41, 5.74) is 3.26. The van der Waals surface area contributed by atoms with Crippen LogP contribution in [0.15, 0.2) is 18.2 Å². The van der Waals surface area contributed by atoms with Gasteiger partial charge in [0, 0.05) is 49.4 Å². The highest BCUT2D eigenvalue weighted by molar-refractivity contribution is 6.06. The maximum atomic E-state index is 12.8. The van der Waals surface area contributed by atoms with Gasteiger partial charge in [-0.05, 0) is 31.0 Å². The first-order valence-corrected chi connectivity index (χ1v) is 9.23. The largest absolute Gasteiger partial charge is 0.495 e. The molecular formula is C19H24ClN5O3. The van der Waals surface area contributed by atoms with Crippen molar-refractivity contribution in [2.75, 3.05) is 32.1 Å². The Hall–Kier alpha value is -2.58. The molecule has 4 rings (SSSR count). The molecule has 0 saturated carbocycles. The van der Waals surface area contributed by atoms with Crippen LogP contribution in [0.2, 0.25) is 0 Å². The highest BCUT2D eigenvalue weighted by atomic mass is 35.5. The maximum Gasteiger partial charge on any atom is 0.276 e. The van der Waals surface area contributed by atoms with Crippen LogP contribution in [-0.2, 0) is 13.0 Å². The van der Waals surface area contributed by atoms with Crippen molar-refractivity contribution in [3.05, 3.63) is 40.7 Å². The Morgan fingerprint density at radius 3 is 2.79 bits per heavy atom. The summed E-state index contributed by atoms with van der Waals surface area (Å²) in [5.74, 6) is 0.163. The quantitative estimate of drug-likeness (QED) is 0.722. The average Bonchev–Trinajstić information content (AvgIpc) is 3.37. The zero-order valence-corrected chi connectivity index (χ0v) is 16.5. The van der Waals surface area contributed by atoms with E-state index in [2.05, 4.69) is 20.8 Å². The fraction of sp³-hybridized carbons (Fsp3) is 0.421. The molecule has 150 valence electrons. The van der Waals surface area contributed by atoms with Gasteiger partial charge in [-0.15, -0.1) is 12.4 Å². The van der Waals surface area contributed by atoms with E-state index >= 15 is 0 Å². The molecule has 1 aromatic heterocycles. The number of fused-ring (bicyclic) bond motifs is 1. The van der Waals surface area contributed by atoms with Crippen molar-refractivity contribution in [3.8, 4) is 5.75 Å². The van der Waals surface area contributed by atoms with E-state index in [1.807, 2.05) is 4.90 Å². The molecule has 9 heteroatoms. The van der Waals surface area contributed by atoms with Gasteiger partial charge >= 0.3 is 0 Å². The van der Waals surface area contributed by atoms with Crippen molar-refractivity contribution in [1.82, 2.24) is 20.4 Å². The van der Waals surface area contributed by atoms with Crippen LogP contribution in [0.5, 0.6) is 5.75 Å². The lowest BCUT2D eigenvalue weighted by molar-refractivity contribution is 0.0792. The van der Waals surface area contributed by atoms with Gasteiger partial charge in [0.05, 0.1) is 12.8 Å². The average molecular weight is 406 g/mol. The Morgan fingerprint density at radius 2 is 2.04 bits per heavy atom. The number of likely N-dealkylation sites (tertiary alicyclic amines) is 1. The molecule has 1 fully saturated rings. The summed E-state index contributed by atoms with van der Waals surface area (Å²) in [6, 6.07) is 5.12. The summed E-state index contributed by atoms with van der Waals surface area (Å²) in [4.78, 5) is 27.3.